The number of anilines is 2. The van der Waals surface area contributed by atoms with Gasteiger partial charge in [0.25, 0.3) is 0 Å². The Kier molecular flexibility index (Phi) is 5.71. The van der Waals surface area contributed by atoms with Gasteiger partial charge in [-0.1, -0.05) is 17.7 Å². The Morgan fingerprint density at radius 1 is 1.09 bits per heavy atom. The number of esters is 1. The summed E-state index contributed by atoms with van der Waals surface area (Å²) in [6.45, 7) is 6.10. The second kappa shape index (κ2) is 7.74. The molecule has 2 rings (SSSR count). The first-order valence-corrected chi connectivity index (χ1v) is 7.83. The van der Waals surface area contributed by atoms with Crippen molar-refractivity contribution in [3.8, 4) is 0 Å². The Hall–Kier alpha value is -2.40. The van der Waals surface area contributed by atoms with Crippen molar-refractivity contribution in [1.82, 2.24) is 0 Å². The second-order valence-corrected chi connectivity index (χ2v) is 5.60. The Balaban J connectivity index is 2.03. The van der Waals surface area contributed by atoms with Crippen LogP contribution in [0.3, 0.4) is 0 Å². The normalized spacial score (nSPS) is 10.0. The molecule has 2 N–H and O–H groups in total. The molecule has 0 spiro atoms. The zero-order valence-electron chi connectivity index (χ0n) is 13.5. The first-order valence-electron chi connectivity index (χ1n) is 7.42. The third kappa shape index (κ3) is 4.79. The molecular weight excluding hydrogens is 308 g/mol. The van der Waals surface area contributed by atoms with E-state index in [1.54, 1.807) is 19.1 Å². The van der Waals surface area contributed by atoms with E-state index in [4.69, 9.17) is 17.0 Å². The number of benzene rings is 2. The molecule has 4 nitrogen and oxygen atoms in total. The zero-order chi connectivity index (χ0) is 16.8. The molecule has 0 saturated carbocycles. The highest BCUT2D eigenvalue weighted by Gasteiger charge is 2.09. The van der Waals surface area contributed by atoms with Crippen molar-refractivity contribution in [2.75, 3.05) is 17.2 Å². The van der Waals surface area contributed by atoms with Gasteiger partial charge in [0.15, 0.2) is 5.11 Å². The van der Waals surface area contributed by atoms with Crippen LogP contribution in [0.25, 0.3) is 0 Å². The highest BCUT2D eigenvalue weighted by molar-refractivity contribution is 7.80. The number of thiocarbonyl (C=S) groups is 1. The summed E-state index contributed by atoms with van der Waals surface area (Å²) in [5.74, 6) is -0.317. The van der Waals surface area contributed by atoms with Crippen LogP contribution in [0.2, 0.25) is 0 Å². The number of ether oxygens (including phenoxy) is 1. The first-order chi connectivity index (χ1) is 11.0. The molecule has 0 saturated heterocycles. The molecule has 0 aliphatic heterocycles. The summed E-state index contributed by atoms with van der Waals surface area (Å²) < 4.78 is 5.00. The lowest BCUT2D eigenvalue weighted by Crippen LogP contribution is -2.19. The minimum Gasteiger partial charge on any atom is -0.462 e. The van der Waals surface area contributed by atoms with E-state index < -0.39 is 0 Å². The van der Waals surface area contributed by atoms with Crippen LogP contribution < -0.4 is 10.6 Å². The quantitative estimate of drug-likeness (QED) is 0.648. The van der Waals surface area contributed by atoms with Crippen LogP contribution in [-0.2, 0) is 4.74 Å². The Morgan fingerprint density at radius 3 is 2.39 bits per heavy atom. The van der Waals surface area contributed by atoms with E-state index in [0.717, 1.165) is 16.9 Å². The zero-order valence-corrected chi connectivity index (χ0v) is 14.3. The van der Waals surface area contributed by atoms with Gasteiger partial charge in [0.05, 0.1) is 12.2 Å². The van der Waals surface area contributed by atoms with Gasteiger partial charge in [0.2, 0.25) is 0 Å². The summed E-state index contributed by atoms with van der Waals surface area (Å²) in [6.07, 6.45) is 0. The predicted octanol–water partition coefficient (Wildman–Crippen LogP) is 4.29. The fraction of sp³-hybridized carbons (Fsp3) is 0.222. The van der Waals surface area contributed by atoms with Crippen molar-refractivity contribution >= 4 is 34.7 Å². The van der Waals surface area contributed by atoms with Gasteiger partial charge < -0.3 is 15.4 Å². The maximum atomic E-state index is 11.7. The monoisotopic (exact) mass is 328 g/mol. The van der Waals surface area contributed by atoms with E-state index in [-0.39, 0.29) is 5.97 Å². The van der Waals surface area contributed by atoms with Crippen molar-refractivity contribution in [3.05, 3.63) is 59.2 Å². The fourth-order valence-electron chi connectivity index (χ4n) is 2.07. The van der Waals surface area contributed by atoms with Crippen LogP contribution in [0.1, 0.15) is 28.4 Å². The van der Waals surface area contributed by atoms with Crippen LogP contribution in [0.4, 0.5) is 11.4 Å². The maximum absolute atomic E-state index is 11.7. The topological polar surface area (TPSA) is 50.4 Å². The molecular formula is C18H20N2O2S. The molecule has 0 aromatic heterocycles. The van der Waals surface area contributed by atoms with Gasteiger partial charge in [-0.15, -0.1) is 0 Å². The van der Waals surface area contributed by atoms with Crippen LogP contribution in [-0.4, -0.2) is 17.7 Å². The molecule has 120 valence electrons. The summed E-state index contributed by atoms with van der Waals surface area (Å²) >= 11 is 5.32. The average molecular weight is 328 g/mol. The highest BCUT2D eigenvalue weighted by Crippen LogP contribution is 2.18. The summed E-state index contributed by atoms with van der Waals surface area (Å²) in [5, 5.41) is 6.77. The molecule has 0 heterocycles. The molecule has 2 aromatic rings. The predicted molar refractivity (Wildman–Crippen MR) is 98.2 cm³/mol. The number of aryl methyl sites for hydroxylation is 2. The van der Waals surface area contributed by atoms with E-state index >= 15 is 0 Å². The number of rotatable bonds is 4. The number of carbonyl (C=O) groups is 1. The van der Waals surface area contributed by atoms with Crippen molar-refractivity contribution in [2.45, 2.75) is 20.8 Å². The summed E-state index contributed by atoms with van der Waals surface area (Å²) in [4.78, 5) is 11.7. The van der Waals surface area contributed by atoms with Crippen molar-refractivity contribution < 1.29 is 9.53 Å². The molecule has 0 aliphatic carbocycles. The molecule has 23 heavy (non-hydrogen) atoms. The molecule has 0 bridgehead atoms. The van der Waals surface area contributed by atoms with Gasteiger partial charge in [0.1, 0.15) is 0 Å². The lowest BCUT2D eigenvalue weighted by atomic mass is 10.1. The Morgan fingerprint density at radius 2 is 1.78 bits per heavy atom. The number of carbonyl (C=O) groups excluding carboxylic acids is 1. The molecule has 2 aromatic carbocycles. The molecule has 0 atom stereocenters. The molecule has 0 aliphatic rings. The summed E-state index contributed by atoms with van der Waals surface area (Å²) in [5.41, 5.74) is 4.42. The van der Waals surface area contributed by atoms with Crippen molar-refractivity contribution in [3.63, 3.8) is 0 Å². The van der Waals surface area contributed by atoms with Crippen molar-refractivity contribution in [2.24, 2.45) is 0 Å². The maximum Gasteiger partial charge on any atom is 0.338 e. The lowest BCUT2D eigenvalue weighted by molar-refractivity contribution is 0.0526. The standard InChI is InChI=1S/C18H20N2O2S/c1-4-22-17(21)14-7-10-16(13(3)11-14)20-18(23)19-15-8-5-12(2)6-9-15/h5-11H,4H2,1-3H3,(H2,19,20,23). The van der Waals surface area contributed by atoms with Gasteiger partial charge >= 0.3 is 5.97 Å². The lowest BCUT2D eigenvalue weighted by Gasteiger charge is -2.13. The third-order valence-electron chi connectivity index (χ3n) is 3.30. The van der Waals surface area contributed by atoms with E-state index in [1.165, 1.54) is 5.56 Å². The van der Waals surface area contributed by atoms with Gasteiger partial charge in [0, 0.05) is 11.4 Å². The van der Waals surface area contributed by atoms with Gasteiger partial charge in [-0.05, 0) is 68.9 Å². The van der Waals surface area contributed by atoms with Crippen LogP contribution in [0.15, 0.2) is 42.5 Å². The summed E-state index contributed by atoms with van der Waals surface area (Å²) in [7, 11) is 0. The fourth-order valence-corrected chi connectivity index (χ4v) is 2.29. The molecule has 0 fully saturated rings. The molecule has 5 heteroatoms. The number of hydrogen-bond donors (Lipinski definition) is 2. The average Bonchev–Trinajstić information content (AvgIpc) is 2.52. The van der Waals surface area contributed by atoms with E-state index in [9.17, 15) is 4.79 Å². The van der Waals surface area contributed by atoms with E-state index in [0.29, 0.717) is 17.3 Å². The van der Waals surface area contributed by atoms with Crippen molar-refractivity contribution in [1.29, 1.82) is 0 Å². The largest absolute Gasteiger partial charge is 0.462 e. The molecule has 0 radical (unpaired) electrons. The van der Waals surface area contributed by atoms with E-state index in [1.807, 2.05) is 44.2 Å². The van der Waals surface area contributed by atoms with Gasteiger partial charge in [-0.25, -0.2) is 4.79 Å². The third-order valence-corrected chi connectivity index (χ3v) is 3.50. The first kappa shape index (κ1) is 17.0. The van der Waals surface area contributed by atoms with E-state index in [2.05, 4.69) is 10.6 Å². The molecule has 0 amide bonds. The second-order valence-electron chi connectivity index (χ2n) is 5.20. The Labute approximate surface area is 141 Å². The van der Waals surface area contributed by atoms with Crippen LogP contribution >= 0.6 is 12.2 Å². The summed E-state index contributed by atoms with van der Waals surface area (Å²) in [6, 6.07) is 13.3. The molecule has 0 unspecified atom stereocenters. The van der Waals surface area contributed by atoms with Crippen LogP contribution in [0, 0.1) is 13.8 Å². The van der Waals surface area contributed by atoms with Gasteiger partial charge in [-0.2, -0.15) is 0 Å². The number of hydrogen-bond acceptors (Lipinski definition) is 3. The van der Waals surface area contributed by atoms with Crippen LogP contribution in [0.5, 0.6) is 0 Å². The minimum absolute atomic E-state index is 0.317. The van der Waals surface area contributed by atoms with Gasteiger partial charge in [-0.3, -0.25) is 0 Å². The minimum atomic E-state index is -0.317. The number of nitrogens with one attached hydrogen (secondary N) is 2. The Bertz CT molecular complexity index is 711. The SMILES string of the molecule is CCOC(=O)c1ccc(NC(=S)Nc2ccc(C)cc2)c(C)c1. The smallest absolute Gasteiger partial charge is 0.338 e. The highest BCUT2D eigenvalue weighted by atomic mass is 32.1.